The van der Waals surface area contributed by atoms with Crippen molar-refractivity contribution in [3.05, 3.63) is 283 Å². The molecule has 0 aliphatic rings. The monoisotopic (exact) mass is 789 g/mol. The first-order valence-corrected chi connectivity index (χ1v) is 21.4. The van der Waals surface area contributed by atoms with Crippen LogP contribution in [0.5, 0.6) is 0 Å². The second kappa shape index (κ2) is 15.9. The van der Waals surface area contributed by atoms with Crippen LogP contribution in [0, 0.1) is 0 Å². The van der Waals surface area contributed by atoms with Gasteiger partial charge in [0, 0.05) is 16.5 Å². The van der Waals surface area contributed by atoms with Gasteiger partial charge in [0.1, 0.15) is 0 Å². The van der Waals surface area contributed by atoms with Crippen LogP contribution in [-0.2, 0) is 5.41 Å². The number of fused-ring (bicyclic) bond motifs is 3. The Hall–Kier alpha value is -8.00. The lowest BCUT2D eigenvalue weighted by Gasteiger charge is -2.38. The summed E-state index contributed by atoms with van der Waals surface area (Å²) in [5.41, 5.74) is 17.0. The molecular formula is C61H43N. The van der Waals surface area contributed by atoms with Crippen LogP contribution in [0.25, 0.3) is 72.0 Å². The highest BCUT2D eigenvalue weighted by molar-refractivity contribution is 6.09. The van der Waals surface area contributed by atoms with Crippen molar-refractivity contribution >= 4 is 21.8 Å². The molecule has 292 valence electrons. The van der Waals surface area contributed by atoms with Gasteiger partial charge in [0.25, 0.3) is 0 Å². The average molecular weight is 790 g/mol. The van der Waals surface area contributed by atoms with Crippen molar-refractivity contribution in [3.63, 3.8) is 0 Å². The number of aromatic nitrogens is 1. The molecule has 0 saturated heterocycles. The molecule has 0 bridgehead atoms. The van der Waals surface area contributed by atoms with E-state index in [4.69, 9.17) is 0 Å². The van der Waals surface area contributed by atoms with Gasteiger partial charge in [-0.25, -0.2) is 0 Å². The molecule has 0 aliphatic carbocycles. The highest BCUT2D eigenvalue weighted by Gasteiger charge is 2.39. The van der Waals surface area contributed by atoms with E-state index < -0.39 is 5.41 Å². The summed E-state index contributed by atoms with van der Waals surface area (Å²) in [6.07, 6.45) is 0. The van der Waals surface area contributed by atoms with E-state index in [9.17, 15) is 0 Å². The molecule has 0 N–H and O–H groups in total. The summed E-state index contributed by atoms with van der Waals surface area (Å²) < 4.78 is 2.44. The average Bonchev–Trinajstić information content (AvgIpc) is 3.70. The Morgan fingerprint density at radius 1 is 0.226 bits per heavy atom. The van der Waals surface area contributed by atoms with Crippen molar-refractivity contribution in [1.82, 2.24) is 4.57 Å². The molecule has 0 saturated carbocycles. The number of benzene rings is 10. The number of nitrogens with zero attached hydrogens (tertiary/aromatic N) is 1. The zero-order valence-electron chi connectivity index (χ0n) is 34.3. The molecule has 1 aromatic heterocycles. The number of hydrogen-bond acceptors (Lipinski definition) is 0. The van der Waals surface area contributed by atoms with Crippen molar-refractivity contribution in [2.75, 3.05) is 0 Å². The van der Waals surface area contributed by atoms with Gasteiger partial charge in [-0.05, 0) is 115 Å². The quantitative estimate of drug-likeness (QED) is 0.128. The standard InChI is InChI=1S/C61H43N/c1-4-19-44(20-5-1)47-25-14-26-48(39-47)51-29-17-32-54(42-51)61(52-30-15-27-49(40-52)45-21-6-2-7-22-45,53-31-16-28-50(41-53)46-23-8-3-9-24-46)55-33-18-34-56(43-55)62-59-37-12-10-35-57(59)58-36-11-13-38-60(58)62/h1-43H. The molecule has 0 fully saturated rings. The molecule has 1 heterocycles. The summed E-state index contributed by atoms with van der Waals surface area (Å²) in [4.78, 5) is 0. The van der Waals surface area contributed by atoms with Gasteiger partial charge < -0.3 is 4.57 Å². The molecule has 0 unspecified atom stereocenters. The fourth-order valence-corrected chi connectivity index (χ4v) is 9.65. The molecule has 0 radical (unpaired) electrons. The van der Waals surface area contributed by atoms with E-state index in [0.29, 0.717) is 0 Å². The van der Waals surface area contributed by atoms with Crippen molar-refractivity contribution in [2.45, 2.75) is 5.41 Å². The Morgan fingerprint density at radius 3 is 0.984 bits per heavy atom. The summed E-state index contributed by atoms with van der Waals surface area (Å²) in [6, 6.07) is 95.7. The normalized spacial score (nSPS) is 11.5. The van der Waals surface area contributed by atoms with Gasteiger partial charge >= 0.3 is 0 Å². The summed E-state index contributed by atoms with van der Waals surface area (Å²) in [5, 5.41) is 2.49. The van der Waals surface area contributed by atoms with Crippen LogP contribution in [0.3, 0.4) is 0 Å². The van der Waals surface area contributed by atoms with Crippen LogP contribution < -0.4 is 0 Å². The van der Waals surface area contributed by atoms with Crippen LogP contribution in [0.15, 0.2) is 261 Å². The van der Waals surface area contributed by atoms with Gasteiger partial charge in [0.05, 0.1) is 16.4 Å². The molecule has 1 heteroatoms. The Morgan fingerprint density at radius 2 is 0.532 bits per heavy atom. The minimum absolute atomic E-state index is 0.753. The highest BCUT2D eigenvalue weighted by atomic mass is 15.0. The maximum Gasteiger partial charge on any atom is 0.0702 e. The minimum Gasteiger partial charge on any atom is -0.309 e. The largest absolute Gasteiger partial charge is 0.309 e. The maximum absolute atomic E-state index is 2.44. The molecule has 1 nitrogen and oxygen atoms in total. The van der Waals surface area contributed by atoms with Crippen molar-refractivity contribution < 1.29 is 0 Å². The third-order valence-corrected chi connectivity index (χ3v) is 12.5. The molecule has 0 spiro atoms. The van der Waals surface area contributed by atoms with E-state index in [1.807, 2.05) is 0 Å². The minimum atomic E-state index is -0.753. The zero-order chi connectivity index (χ0) is 41.3. The molecule has 11 aromatic rings. The molecule has 62 heavy (non-hydrogen) atoms. The second-order valence-corrected chi connectivity index (χ2v) is 16.1. The van der Waals surface area contributed by atoms with Gasteiger partial charge in [0.15, 0.2) is 0 Å². The number of rotatable bonds is 9. The first-order chi connectivity index (χ1) is 30.7. The Bertz CT molecular complexity index is 3200. The first kappa shape index (κ1) is 37.0. The fourth-order valence-electron chi connectivity index (χ4n) is 9.65. The Balaban J connectivity index is 1.22. The molecular weight excluding hydrogens is 747 g/mol. The van der Waals surface area contributed by atoms with Crippen LogP contribution in [0.4, 0.5) is 0 Å². The van der Waals surface area contributed by atoms with Crippen LogP contribution in [0.2, 0.25) is 0 Å². The van der Waals surface area contributed by atoms with Gasteiger partial charge in [-0.1, -0.05) is 212 Å². The van der Waals surface area contributed by atoms with E-state index in [1.165, 1.54) is 88.6 Å². The summed E-state index contributed by atoms with van der Waals surface area (Å²) >= 11 is 0. The van der Waals surface area contributed by atoms with Crippen LogP contribution in [-0.4, -0.2) is 4.57 Å². The summed E-state index contributed by atoms with van der Waals surface area (Å²) in [5.74, 6) is 0. The fraction of sp³-hybridized carbons (Fsp3) is 0.0164. The predicted molar refractivity (Wildman–Crippen MR) is 261 cm³/mol. The molecule has 0 atom stereocenters. The van der Waals surface area contributed by atoms with Gasteiger partial charge in [-0.2, -0.15) is 0 Å². The van der Waals surface area contributed by atoms with E-state index >= 15 is 0 Å². The third-order valence-electron chi connectivity index (χ3n) is 12.5. The summed E-state index contributed by atoms with van der Waals surface area (Å²) in [6.45, 7) is 0. The van der Waals surface area contributed by atoms with Gasteiger partial charge in [-0.3, -0.25) is 0 Å². The number of para-hydroxylation sites is 2. The van der Waals surface area contributed by atoms with Crippen molar-refractivity contribution in [1.29, 1.82) is 0 Å². The smallest absolute Gasteiger partial charge is 0.0702 e. The van der Waals surface area contributed by atoms with Crippen molar-refractivity contribution in [2.24, 2.45) is 0 Å². The maximum atomic E-state index is 2.44. The predicted octanol–water partition coefficient (Wildman–Crippen LogP) is 15.8. The van der Waals surface area contributed by atoms with Crippen LogP contribution in [0.1, 0.15) is 22.3 Å². The lowest BCUT2D eigenvalue weighted by molar-refractivity contribution is 0.745. The van der Waals surface area contributed by atoms with Gasteiger partial charge in [0.2, 0.25) is 0 Å². The third kappa shape index (κ3) is 6.52. The SMILES string of the molecule is c1ccc(-c2cccc(-c3cccc(C(c4cccc(-c5ccccc5)c4)(c4cccc(-c5ccccc5)c4)c4cccc(-n5c6ccccc6c6ccccc65)c4)c3)c2)cc1. The van der Waals surface area contributed by atoms with Crippen molar-refractivity contribution in [3.8, 4) is 50.2 Å². The topological polar surface area (TPSA) is 4.93 Å². The van der Waals surface area contributed by atoms with Gasteiger partial charge in [-0.15, -0.1) is 0 Å². The van der Waals surface area contributed by atoms with E-state index in [1.54, 1.807) is 0 Å². The lowest BCUT2D eigenvalue weighted by Crippen LogP contribution is -2.31. The van der Waals surface area contributed by atoms with E-state index in [2.05, 4.69) is 265 Å². The molecule has 0 aliphatic heterocycles. The first-order valence-electron chi connectivity index (χ1n) is 21.4. The molecule has 0 amide bonds. The van der Waals surface area contributed by atoms with Crippen LogP contribution >= 0.6 is 0 Å². The molecule has 11 rings (SSSR count). The Labute approximate surface area is 363 Å². The van der Waals surface area contributed by atoms with E-state index in [0.717, 1.165) is 5.69 Å². The van der Waals surface area contributed by atoms with E-state index in [-0.39, 0.29) is 0 Å². The Kier molecular flexibility index (Phi) is 9.48. The number of hydrogen-bond donors (Lipinski definition) is 0. The zero-order valence-corrected chi connectivity index (χ0v) is 34.3. The lowest BCUT2D eigenvalue weighted by atomic mass is 9.64. The highest BCUT2D eigenvalue weighted by Crippen LogP contribution is 2.48. The second-order valence-electron chi connectivity index (χ2n) is 16.1. The molecule has 10 aromatic carbocycles. The summed E-state index contributed by atoms with van der Waals surface area (Å²) in [7, 11) is 0.